The smallest absolute Gasteiger partial charge is 0.325 e. The van der Waals surface area contributed by atoms with Crippen molar-refractivity contribution in [3.05, 3.63) is 65.5 Å². The Balaban J connectivity index is 1.37. The largest absolute Gasteiger partial charge is 0.340 e. The van der Waals surface area contributed by atoms with Crippen LogP contribution >= 0.6 is 11.8 Å². The molecule has 2 aliphatic heterocycles. The van der Waals surface area contributed by atoms with E-state index >= 15 is 0 Å². The zero-order valence-electron chi connectivity index (χ0n) is 16.8. The zero-order valence-corrected chi connectivity index (χ0v) is 17.6. The molecule has 9 heteroatoms. The first-order valence-electron chi connectivity index (χ1n) is 10.1. The Hall–Kier alpha value is -2.68. The van der Waals surface area contributed by atoms with Crippen LogP contribution in [0.15, 0.2) is 42.5 Å². The molecule has 164 valence electrons. The number of hydrogen-bond acceptors (Lipinski definition) is 3. The van der Waals surface area contributed by atoms with E-state index in [0.717, 1.165) is 12.1 Å². The summed E-state index contributed by atoms with van der Waals surface area (Å²) < 4.78 is 41.7. The van der Waals surface area contributed by atoms with Crippen molar-refractivity contribution in [1.29, 1.82) is 0 Å². The highest BCUT2D eigenvalue weighted by Crippen LogP contribution is 2.36. The van der Waals surface area contributed by atoms with Gasteiger partial charge in [-0.05, 0) is 36.8 Å². The van der Waals surface area contributed by atoms with Gasteiger partial charge in [0.2, 0.25) is 5.91 Å². The molecule has 0 radical (unpaired) electrons. The SMILES string of the molecule is O=C(CN1CCN(c2ccccc2F)C1=O)N1CCSC(c2cc(F)ccc2F)CC1. The lowest BCUT2D eigenvalue weighted by Gasteiger charge is -2.24. The molecule has 1 atom stereocenters. The number of para-hydroxylation sites is 1. The number of thioether (sulfide) groups is 1. The van der Waals surface area contributed by atoms with Crippen LogP contribution in [0.1, 0.15) is 17.2 Å². The minimum absolute atomic E-state index is 0.0898. The van der Waals surface area contributed by atoms with E-state index in [2.05, 4.69) is 0 Å². The molecule has 2 saturated heterocycles. The summed E-state index contributed by atoms with van der Waals surface area (Å²) in [6.07, 6.45) is 0.492. The molecule has 0 spiro atoms. The fourth-order valence-electron chi connectivity index (χ4n) is 3.92. The first-order valence-corrected chi connectivity index (χ1v) is 11.1. The topological polar surface area (TPSA) is 43.9 Å². The van der Waals surface area contributed by atoms with Crippen molar-refractivity contribution < 1.29 is 22.8 Å². The normalized spacial score (nSPS) is 19.6. The van der Waals surface area contributed by atoms with Crippen LogP contribution < -0.4 is 4.90 Å². The van der Waals surface area contributed by atoms with Crippen molar-refractivity contribution in [3.63, 3.8) is 0 Å². The van der Waals surface area contributed by atoms with Gasteiger partial charge in [0.25, 0.3) is 0 Å². The number of benzene rings is 2. The summed E-state index contributed by atoms with van der Waals surface area (Å²) >= 11 is 1.49. The van der Waals surface area contributed by atoms with Crippen molar-refractivity contribution in [1.82, 2.24) is 9.80 Å². The lowest BCUT2D eigenvalue weighted by molar-refractivity contribution is -0.131. The Morgan fingerprint density at radius 2 is 1.81 bits per heavy atom. The van der Waals surface area contributed by atoms with Gasteiger partial charge in [-0.3, -0.25) is 9.69 Å². The summed E-state index contributed by atoms with van der Waals surface area (Å²) in [6.45, 7) is 1.41. The lowest BCUT2D eigenvalue weighted by Crippen LogP contribution is -2.43. The molecule has 0 saturated carbocycles. The van der Waals surface area contributed by atoms with Crippen LogP contribution in [0, 0.1) is 17.5 Å². The molecule has 2 aromatic carbocycles. The van der Waals surface area contributed by atoms with Gasteiger partial charge in [-0.25, -0.2) is 18.0 Å². The zero-order chi connectivity index (χ0) is 22.0. The van der Waals surface area contributed by atoms with Gasteiger partial charge < -0.3 is 9.80 Å². The Labute approximate surface area is 182 Å². The van der Waals surface area contributed by atoms with E-state index in [-0.39, 0.29) is 23.4 Å². The Morgan fingerprint density at radius 3 is 2.61 bits per heavy atom. The molecule has 31 heavy (non-hydrogen) atoms. The molecular formula is C22H22F3N3O2S. The number of carbonyl (C=O) groups is 2. The molecule has 2 heterocycles. The average Bonchev–Trinajstić information content (AvgIpc) is 2.96. The van der Waals surface area contributed by atoms with Crippen LogP contribution in [0.4, 0.5) is 23.7 Å². The van der Waals surface area contributed by atoms with Gasteiger partial charge in [-0.15, -0.1) is 0 Å². The van der Waals surface area contributed by atoms with Crippen LogP contribution in [-0.2, 0) is 4.79 Å². The Morgan fingerprint density at radius 1 is 1.00 bits per heavy atom. The minimum atomic E-state index is -0.485. The van der Waals surface area contributed by atoms with E-state index in [4.69, 9.17) is 0 Å². The molecule has 4 rings (SSSR count). The predicted octanol–water partition coefficient (Wildman–Crippen LogP) is 4.05. The lowest BCUT2D eigenvalue weighted by atomic mass is 10.1. The highest BCUT2D eigenvalue weighted by Gasteiger charge is 2.33. The van der Waals surface area contributed by atoms with Gasteiger partial charge in [0.1, 0.15) is 24.0 Å². The maximum absolute atomic E-state index is 14.1. The van der Waals surface area contributed by atoms with E-state index in [9.17, 15) is 22.8 Å². The van der Waals surface area contributed by atoms with E-state index in [1.165, 1.54) is 39.8 Å². The second-order valence-corrected chi connectivity index (χ2v) is 8.81. The van der Waals surface area contributed by atoms with E-state index in [1.54, 1.807) is 17.0 Å². The van der Waals surface area contributed by atoms with Gasteiger partial charge in [-0.2, -0.15) is 11.8 Å². The molecule has 5 nitrogen and oxygen atoms in total. The predicted molar refractivity (Wildman–Crippen MR) is 113 cm³/mol. The van der Waals surface area contributed by atoms with Crippen LogP contribution in [0.25, 0.3) is 0 Å². The second kappa shape index (κ2) is 9.21. The van der Waals surface area contributed by atoms with Gasteiger partial charge in [0.05, 0.1) is 5.69 Å². The van der Waals surface area contributed by atoms with Gasteiger partial charge in [0.15, 0.2) is 0 Å². The number of carbonyl (C=O) groups excluding carboxylic acids is 2. The Bertz CT molecular complexity index is 990. The average molecular weight is 449 g/mol. The standard InChI is InChI=1S/C22H22F3N3O2S/c23-15-5-6-17(24)16(13-15)20-7-8-26(11-12-31-20)21(29)14-27-9-10-28(22(27)30)19-4-2-1-3-18(19)25/h1-6,13,20H,7-12,14H2. The van der Waals surface area contributed by atoms with E-state index in [0.29, 0.717) is 43.9 Å². The molecule has 3 amide bonds. The van der Waals surface area contributed by atoms with Crippen molar-refractivity contribution >= 4 is 29.4 Å². The summed E-state index contributed by atoms with van der Waals surface area (Å²) in [4.78, 5) is 29.9. The van der Waals surface area contributed by atoms with Crippen molar-refractivity contribution in [3.8, 4) is 0 Å². The molecule has 2 fully saturated rings. The summed E-state index contributed by atoms with van der Waals surface area (Å²) in [5.41, 5.74) is 0.517. The maximum Gasteiger partial charge on any atom is 0.325 e. The highest BCUT2D eigenvalue weighted by atomic mass is 32.2. The molecule has 0 aromatic heterocycles. The van der Waals surface area contributed by atoms with Crippen molar-refractivity contribution in [2.24, 2.45) is 0 Å². The summed E-state index contributed by atoms with van der Waals surface area (Å²) in [5.74, 6) is -1.04. The molecule has 0 N–H and O–H groups in total. The van der Waals surface area contributed by atoms with Gasteiger partial charge >= 0.3 is 6.03 Å². The van der Waals surface area contributed by atoms with Gasteiger partial charge in [0, 0.05) is 42.7 Å². The van der Waals surface area contributed by atoms with E-state index < -0.39 is 23.5 Å². The third kappa shape index (κ3) is 4.66. The number of nitrogens with zero attached hydrogens (tertiary/aromatic N) is 3. The molecular weight excluding hydrogens is 427 g/mol. The number of hydrogen-bond donors (Lipinski definition) is 0. The molecule has 2 aliphatic rings. The van der Waals surface area contributed by atoms with Crippen molar-refractivity contribution in [2.75, 3.05) is 43.4 Å². The van der Waals surface area contributed by atoms with Crippen LogP contribution in [0.3, 0.4) is 0 Å². The van der Waals surface area contributed by atoms with Crippen LogP contribution in [0.2, 0.25) is 0 Å². The fourth-order valence-corrected chi connectivity index (χ4v) is 5.16. The summed E-state index contributed by atoms with van der Waals surface area (Å²) in [7, 11) is 0. The first-order chi connectivity index (χ1) is 14.9. The van der Waals surface area contributed by atoms with E-state index in [1.807, 2.05) is 0 Å². The quantitative estimate of drug-likeness (QED) is 0.707. The highest BCUT2D eigenvalue weighted by molar-refractivity contribution is 7.99. The monoisotopic (exact) mass is 449 g/mol. The number of urea groups is 1. The number of rotatable bonds is 4. The number of amides is 3. The van der Waals surface area contributed by atoms with Gasteiger partial charge in [-0.1, -0.05) is 12.1 Å². The maximum atomic E-state index is 14.1. The minimum Gasteiger partial charge on any atom is -0.340 e. The molecule has 0 aliphatic carbocycles. The van der Waals surface area contributed by atoms with Crippen LogP contribution in [0.5, 0.6) is 0 Å². The Kier molecular flexibility index (Phi) is 6.41. The number of halogens is 3. The van der Waals surface area contributed by atoms with Crippen LogP contribution in [-0.4, -0.2) is 60.2 Å². The molecule has 1 unspecified atom stereocenters. The fraction of sp³-hybridized carbons (Fsp3) is 0.364. The third-order valence-electron chi connectivity index (χ3n) is 5.56. The molecule has 0 bridgehead atoms. The number of anilines is 1. The summed E-state index contributed by atoms with van der Waals surface area (Å²) in [6, 6.07) is 9.08. The third-order valence-corrected chi connectivity index (χ3v) is 6.87. The molecule has 2 aromatic rings. The first kappa shape index (κ1) is 21.5. The second-order valence-electron chi connectivity index (χ2n) is 7.50. The summed E-state index contributed by atoms with van der Waals surface area (Å²) in [5, 5.41) is -0.238. The van der Waals surface area contributed by atoms with Crippen molar-refractivity contribution in [2.45, 2.75) is 11.7 Å².